The summed E-state index contributed by atoms with van der Waals surface area (Å²) in [7, 11) is 0. The fourth-order valence-electron chi connectivity index (χ4n) is 2.07. The molecule has 0 saturated carbocycles. The van der Waals surface area contributed by atoms with Crippen LogP contribution in [-0.4, -0.2) is 9.78 Å². The maximum atomic E-state index is 12.5. The normalized spacial score (nSPS) is 13.4. The van der Waals surface area contributed by atoms with Gasteiger partial charge in [0.2, 0.25) is 0 Å². The number of aromatic nitrogens is 2. The number of hydrogen-bond donors (Lipinski definition) is 2. The molecule has 0 radical (unpaired) electrons. The Morgan fingerprint density at radius 3 is 2.43 bits per heavy atom. The summed E-state index contributed by atoms with van der Waals surface area (Å²) in [5, 5.41) is 4.16. The molecule has 0 spiro atoms. The van der Waals surface area contributed by atoms with Crippen molar-refractivity contribution in [3.63, 3.8) is 0 Å². The third-order valence-electron chi connectivity index (χ3n) is 3.30. The number of hydrazine groups is 1. The van der Waals surface area contributed by atoms with Gasteiger partial charge in [0.1, 0.15) is 0 Å². The molecule has 1 unspecified atom stereocenters. The van der Waals surface area contributed by atoms with Crippen LogP contribution in [0.15, 0.2) is 36.7 Å². The molecular formula is C14H17F3N4. The van der Waals surface area contributed by atoms with Crippen LogP contribution in [0.5, 0.6) is 0 Å². The minimum atomic E-state index is -4.31. The van der Waals surface area contributed by atoms with Crippen LogP contribution >= 0.6 is 0 Å². The van der Waals surface area contributed by atoms with Gasteiger partial charge in [0, 0.05) is 18.3 Å². The van der Waals surface area contributed by atoms with Crippen molar-refractivity contribution in [3.8, 4) is 0 Å². The summed E-state index contributed by atoms with van der Waals surface area (Å²) in [6.07, 6.45) is -0.247. The van der Waals surface area contributed by atoms with Gasteiger partial charge in [-0.1, -0.05) is 12.1 Å². The van der Waals surface area contributed by atoms with Crippen LogP contribution in [0.2, 0.25) is 0 Å². The summed E-state index contributed by atoms with van der Waals surface area (Å²) < 4.78 is 39.3. The van der Waals surface area contributed by atoms with E-state index in [4.69, 9.17) is 5.84 Å². The van der Waals surface area contributed by atoms with Gasteiger partial charge in [0.25, 0.3) is 0 Å². The number of rotatable bonds is 5. The molecular weight excluding hydrogens is 281 g/mol. The number of benzene rings is 1. The third kappa shape index (κ3) is 3.83. The minimum absolute atomic E-state index is 0.193. The smallest absolute Gasteiger partial charge is 0.273 e. The van der Waals surface area contributed by atoms with E-state index in [-0.39, 0.29) is 6.04 Å². The summed E-state index contributed by atoms with van der Waals surface area (Å²) in [5.74, 6) is 5.54. The molecule has 1 atom stereocenters. The highest BCUT2D eigenvalue weighted by atomic mass is 19.4. The third-order valence-corrected chi connectivity index (χ3v) is 3.30. The zero-order valence-corrected chi connectivity index (χ0v) is 11.6. The Labute approximate surface area is 120 Å². The molecule has 0 amide bonds. The monoisotopic (exact) mass is 298 g/mol. The lowest BCUT2D eigenvalue weighted by atomic mass is 10.0. The summed E-state index contributed by atoms with van der Waals surface area (Å²) in [6.45, 7) is 2.72. The number of nitrogens with one attached hydrogen (secondary N) is 1. The predicted octanol–water partition coefficient (Wildman–Crippen LogP) is 2.67. The van der Waals surface area contributed by atoms with Gasteiger partial charge >= 0.3 is 6.18 Å². The van der Waals surface area contributed by atoms with Gasteiger partial charge < -0.3 is 0 Å². The van der Waals surface area contributed by atoms with Gasteiger partial charge in [-0.15, -0.1) is 0 Å². The molecule has 0 saturated heterocycles. The average Bonchev–Trinajstić information content (AvgIpc) is 2.93. The molecule has 2 aromatic rings. The van der Waals surface area contributed by atoms with E-state index < -0.39 is 11.7 Å². The second-order valence-corrected chi connectivity index (χ2v) is 4.75. The second kappa shape index (κ2) is 6.28. The van der Waals surface area contributed by atoms with Crippen LogP contribution in [-0.2, 0) is 19.1 Å². The van der Waals surface area contributed by atoms with E-state index in [1.54, 1.807) is 10.9 Å². The fraction of sp³-hybridized carbons (Fsp3) is 0.357. The molecule has 1 aromatic carbocycles. The second-order valence-electron chi connectivity index (χ2n) is 4.75. The average molecular weight is 298 g/mol. The van der Waals surface area contributed by atoms with Crippen molar-refractivity contribution in [2.75, 3.05) is 0 Å². The number of halogens is 3. The molecule has 2 rings (SSSR count). The van der Waals surface area contributed by atoms with Crippen LogP contribution in [0.4, 0.5) is 13.2 Å². The Kier molecular flexibility index (Phi) is 4.64. The zero-order chi connectivity index (χ0) is 15.5. The van der Waals surface area contributed by atoms with Crippen molar-refractivity contribution in [1.82, 2.24) is 15.2 Å². The molecule has 7 heteroatoms. The highest BCUT2D eigenvalue weighted by molar-refractivity contribution is 5.26. The molecule has 114 valence electrons. The molecule has 0 aliphatic carbocycles. The van der Waals surface area contributed by atoms with Crippen LogP contribution in [0, 0.1) is 0 Å². The molecule has 1 heterocycles. The van der Waals surface area contributed by atoms with Crippen LogP contribution in [0.3, 0.4) is 0 Å². The van der Waals surface area contributed by atoms with Gasteiger partial charge in [0.05, 0.1) is 17.8 Å². The van der Waals surface area contributed by atoms with E-state index in [1.165, 1.54) is 12.1 Å². The molecule has 1 aromatic heterocycles. The van der Waals surface area contributed by atoms with Crippen LogP contribution < -0.4 is 11.3 Å². The van der Waals surface area contributed by atoms with Gasteiger partial charge in [-0.25, -0.2) is 0 Å². The summed E-state index contributed by atoms with van der Waals surface area (Å²) in [6, 6.07) is 4.91. The van der Waals surface area contributed by atoms with Gasteiger partial charge in [-0.3, -0.25) is 16.0 Å². The number of alkyl halides is 3. The summed E-state index contributed by atoms with van der Waals surface area (Å²) in [4.78, 5) is 0. The maximum absolute atomic E-state index is 12.5. The highest BCUT2D eigenvalue weighted by Gasteiger charge is 2.30. The lowest BCUT2D eigenvalue weighted by molar-refractivity contribution is -0.137. The first kappa shape index (κ1) is 15.5. The summed E-state index contributed by atoms with van der Waals surface area (Å²) in [5.41, 5.74) is 3.70. The number of aryl methyl sites for hydroxylation is 1. The Bertz CT molecular complexity index is 575. The van der Waals surface area contributed by atoms with Crippen molar-refractivity contribution in [1.29, 1.82) is 0 Å². The van der Waals surface area contributed by atoms with E-state index in [0.29, 0.717) is 6.42 Å². The van der Waals surface area contributed by atoms with Gasteiger partial charge in [-0.05, 0) is 31.0 Å². The van der Waals surface area contributed by atoms with Crippen LogP contribution in [0.25, 0.3) is 0 Å². The Hall–Kier alpha value is -1.86. The Morgan fingerprint density at radius 2 is 1.95 bits per heavy atom. The topological polar surface area (TPSA) is 55.9 Å². The zero-order valence-electron chi connectivity index (χ0n) is 11.6. The first-order valence-electron chi connectivity index (χ1n) is 6.58. The standard InChI is InChI=1S/C14H17F3N4/c1-2-21-9-11(8-19-21)13(20-18)7-10-3-5-12(6-4-10)14(15,16)17/h3-6,8-9,13,20H,2,7,18H2,1H3. The molecule has 21 heavy (non-hydrogen) atoms. The Morgan fingerprint density at radius 1 is 1.29 bits per heavy atom. The molecule has 4 nitrogen and oxygen atoms in total. The van der Waals surface area contributed by atoms with E-state index in [2.05, 4.69) is 10.5 Å². The van der Waals surface area contributed by atoms with E-state index in [9.17, 15) is 13.2 Å². The quantitative estimate of drug-likeness (QED) is 0.659. The molecule has 3 N–H and O–H groups in total. The first-order valence-corrected chi connectivity index (χ1v) is 6.58. The van der Waals surface area contributed by atoms with Crippen molar-refractivity contribution < 1.29 is 13.2 Å². The lowest BCUT2D eigenvalue weighted by Crippen LogP contribution is -2.29. The van der Waals surface area contributed by atoms with Gasteiger partial charge in [-0.2, -0.15) is 18.3 Å². The number of nitrogens with two attached hydrogens (primary N) is 1. The largest absolute Gasteiger partial charge is 0.416 e. The molecule has 0 bridgehead atoms. The van der Waals surface area contributed by atoms with Gasteiger partial charge in [0.15, 0.2) is 0 Å². The van der Waals surface area contributed by atoms with Crippen molar-refractivity contribution in [2.45, 2.75) is 32.1 Å². The maximum Gasteiger partial charge on any atom is 0.416 e. The van der Waals surface area contributed by atoms with Crippen molar-refractivity contribution in [3.05, 3.63) is 53.3 Å². The summed E-state index contributed by atoms with van der Waals surface area (Å²) >= 11 is 0. The lowest BCUT2D eigenvalue weighted by Gasteiger charge is -2.15. The fourth-order valence-corrected chi connectivity index (χ4v) is 2.07. The van der Waals surface area contributed by atoms with Crippen molar-refractivity contribution in [2.24, 2.45) is 5.84 Å². The number of hydrogen-bond acceptors (Lipinski definition) is 3. The van der Waals surface area contributed by atoms with Crippen molar-refractivity contribution >= 4 is 0 Å². The minimum Gasteiger partial charge on any atom is -0.273 e. The Balaban J connectivity index is 2.11. The molecule has 0 aliphatic heterocycles. The molecule has 0 fully saturated rings. The SMILES string of the molecule is CCn1cc(C(Cc2ccc(C(F)(F)F)cc2)NN)cn1. The first-order chi connectivity index (χ1) is 9.94. The van der Waals surface area contributed by atoms with E-state index in [0.717, 1.165) is 29.8 Å². The van der Waals surface area contributed by atoms with E-state index in [1.807, 2.05) is 13.1 Å². The number of nitrogens with zero attached hydrogens (tertiary/aromatic N) is 2. The molecule has 0 aliphatic rings. The highest BCUT2D eigenvalue weighted by Crippen LogP contribution is 2.29. The predicted molar refractivity (Wildman–Crippen MR) is 73.1 cm³/mol. The van der Waals surface area contributed by atoms with Crippen LogP contribution in [0.1, 0.15) is 29.7 Å². The van der Waals surface area contributed by atoms with E-state index >= 15 is 0 Å².